The van der Waals surface area contributed by atoms with E-state index in [1.165, 1.54) is 154 Å². The van der Waals surface area contributed by atoms with Gasteiger partial charge in [0.25, 0.3) is 0 Å². The number of allylic oxidation sites excluding steroid dienone is 2. The molecule has 0 radical (unpaired) electrons. The molecule has 0 aromatic carbocycles. The molecular formula is C48H91NO7. The summed E-state index contributed by atoms with van der Waals surface area (Å²) in [4.78, 5) is 36.9. The summed E-state index contributed by atoms with van der Waals surface area (Å²) in [5, 5.41) is 11.6. The van der Waals surface area contributed by atoms with Crippen molar-refractivity contribution in [2.45, 2.75) is 238 Å². The quantitative estimate of drug-likeness (QED) is 0.0262. The maximum Gasteiger partial charge on any atom is 0.306 e. The first-order valence-corrected chi connectivity index (χ1v) is 23.7. The van der Waals surface area contributed by atoms with E-state index >= 15 is 0 Å². The van der Waals surface area contributed by atoms with Gasteiger partial charge in [-0.15, -0.1) is 0 Å². The lowest BCUT2D eigenvalue weighted by Gasteiger charge is -2.34. The van der Waals surface area contributed by atoms with Crippen molar-refractivity contribution >= 4 is 17.9 Å². The molecule has 0 aliphatic heterocycles. The van der Waals surface area contributed by atoms with Gasteiger partial charge in [-0.25, -0.2) is 0 Å². The number of rotatable bonds is 43. The summed E-state index contributed by atoms with van der Waals surface area (Å²) in [7, 11) is 5.42. The Morgan fingerprint density at radius 2 is 0.893 bits per heavy atom. The Morgan fingerprint density at radius 3 is 1.29 bits per heavy atom. The molecule has 0 heterocycles. The van der Waals surface area contributed by atoms with E-state index in [0.29, 0.717) is 12.8 Å². The van der Waals surface area contributed by atoms with E-state index in [-0.39, 0.29) is 42.7 Å². The molecule has 0 aliphatic carbocycles. The van der Waals surface area contributed by atoms with Crippen molar-refractivity contribution in [1.29, 1.82) is 0 Å². The first-order chi connectivity index (χ1) is 27.1. The monoisotopic (exact) mass is 794 g/mol. The Morgan fingerprint density at radius 1 is 0.518 bits per heavy atom. The molecule has 0 aliphatic rings. The third-order valence-electron chi connectivity index (χ3n) is 10.9. The van der Waals surface area contributed by atoms with Crippen LogP contribution in [-0.4, -0.2) is 75.5 Å². The van der Waals surface area contributed by atoms with Crippen LogP contribution in [0, 0.1) is 0 Å². The fraction of sp³-hybridized carbons (Fsp3) is 0.896. The second-order valence-corrected chi connectivity index (χ2v) is 17.4. The minimum absolute atomic E-state index is 0.0447. The van der Waals surface area contributed by atoms with Crippen LogP contribution < -0.4 is 5.11 Å². The predicted octanol–water partition coefficient (Wildman–Crippen LogP) is 11.8. The van der Waals surface area contributed by atoms with Gasteiger partial charge < -0.3 is 28.6 Å². The van der Waals surface area contributed by atoms with Crippen molar-refractivity contribution in [2.24, 2.45) is 0 Å². The zero-order valence-corrected chi connectivity index (χ0v) is 37.6. The van der Waals surface area contributed by atoms with Gasteiger partial charge in [-0.3, -0.25) is 9.59 Å². The fourth-order valence-corrected chi connectivity index (χ4v) is 7.18. The summed E-state index contributed by atoms with van der Waals surface area (Å²) in [5.74, 6) is -1.72. The third kappa shape index (κ3) is 37.6. The molecule has 0 bridgehead atoms. The first-order valence-electron chi connectivity index (χ1n) is 23.7. The number of carboxylic acids is 1. The van der Waals surface area contributed by atoms with Crippen molar-refractivity contribution in [3.63, 3.8) is 0 Å². The molecule has 0 saturated heterocycles. The van der Waals surface area contributed by atoms with Crippen molar-refractivity contribution in [1.82, 2.24) is 0 Å². The fourth-order valence-electron chi connectivity index (χ4n) is 7.18. The summed E-state index contributed by atoms with van der Waals surface area (Å²) in [6.45, 7) is 4.69. The maximum absolute atomic E-state index is 12.7. The maximum atomic E-state index is 12.7. The average molecular weight is 794 g/mol. The van der Waals surface area contributed by atoms with E-state index in [4.69, 9.17) is 14.2 Å². The second kappa shape index (κ2) is 39.9. The van der Waals surface area contributed by atoms with Crippen molar-refractivity contribution in [3.05, 3.63) is 12.2 Å². The summed E-state index contributed by atoms with van der Waals surface area (Å²) in [5.41, 5.74) is 0. The van der Waals surface area contributed by atoms with Crippen LogP contribution in [0.3, 0.4) is 0 Å². The van der Waals surface area contributed by atoms with Gasteiger partial charge in [-0.2, -0.15) is 0 Å². The number of hydrogen-bond donors (Lipinski definition) is 0. The Labute approximate surface area is 346 Å². The van der Waals surface area contributed by atoms with Crippen molar-refractivity contribution < 1.29 is 38.2 Å². The number of carbonyl (C=O) groups excluding carboxylic acids is 3. The van der Waals surface area contributed by atoms with E-state index in [0.717, 1.165) is 38.5 Å². The summed E-state index contributed by atoms with van der Waals surface area (Å²) in [6, 6.07) is -0.722. The Balaban J connectivity index is 4.28. The summed E-state index contributed by atoms with van der Waals surface area (Å²) in [6.07, 6.45) is 42.3. The van der Waals surface area contributed by atoms with E-state index in [2.05, 4.69) is 26.0 Å². The second-order valence-electron chi connectivity index (χ2n) is 17.4. The predicted molar refractivity (Wildman–Crippen MR) is 231 cm³/mol. The number of hydrogen-bond acceptors (Lipinski definition) is 7. The lowest BCUT2D eigenvalue weighted by molar-refractivity contribution is -0.889. The van der Waals surface area contributed by atoms with Gasteiger partial charge in [0.2, 0.25) is 0 Å². The van der Waals surface area contributed by atoms with Gasteiger partial charge in [0.1, 0.15) is 12.6 Å². The standard InChI is InChI=1S/C48H91NO7/c1-6-8-10-12-14-16-18-20-22-23-24-25-27-29-31-33-35-37-39-47(51)56-44(42-54-41-40-45(48(52)53)49(3,4)5)43-55-46(50)38-36-34-32-30-28-26-21-19-17-15-13-11-9-7-2/h22-23,44-45H,6-21,24-43H2,1-5H3/b23-22-. The number of esters is 2. The molecule has 8 heteroatoms. The molecule has 0 amide bonds. The van der Waals surface area contributed by atoms with E-state index in [1.807, 2.05) is 0 Å². The molecule has 2 atom stereocenters. The van der Waals surface area contributed by atoms with Gasteiger partial charge in [0, 0.05) is 19.3 Å². The van der Waals surface area contributed by atoms with E-state index < -0.39 is 18.1 Å². The highest BCUT2D eigenvalue weighted by atomic mass is 16.6. The molecule has 330 valence electrons. The molecule has 0 rings (SSSR count). The molecule has 56 heavy (non-hydrogen) atoms. The van der Waals surface area contributed by atoms with E-state index in [1.54, 1.807) is 21.1 Å². The minimum Gasteiger partial charge on any atom is -0.544 e. The largest absolute Gasteiger partial charge is 0.544 e. The SMILES string of the molecule is CCCCCCCCC/C=C\CCCCCCCCCC(=O)OC(COCCC(C(=O)[O-])[N+](C)(C)C)COC(=O)CCCCCCCCCCCCCCCC. The van der Waals surface area contributed by atoms with Crippen LogP contribution in [-0.2, 0) is 28.6 Å². The smallest absolute Gasteiger partial charge is 0.306 e. The number of nitrogens with zero attached hydrogens (tertiary/aromatic N) is 1. The van der Waals surface area contributed by atoms with Gasteiger partial charge in [0.15, 0.2) is 6.10 Å². The van der Waals surface area contributed by atoms with E-state index in [9.17, 15) is 19.5 Å². The van der Waals surface area contributed by atoms with Crippen molar-refractivity contribution in [3.8, 4) is 0 Å². The highest BCUT2D eigenvalue weighted by molar-refractivity contribution is 5.70. The lowest BCUT2D eigenvalue weighted by atomic mass is 10.0. The van der Waals surface area contributed by atoms with Gasteiger partial charge in [0.05, 0.1) is 40.3 Å². The number of unbranched alkanes of at least 4 members (excludes halogenated alkanes) is 27. The Hall–Kier alpha value is -1.93. The first kappa shape index (κ1) is 54.1. The van der Waals surface area contributed by atoms with Crippen molar-refractivity contribution in [2.75, 3.05) is 41.0 Å². The molecule has 0 aromatic heterocycles. The number of carboxylic acid groups (broad SMARTS) is 1. The number of aliphatic carboxylic acids is 1. The lowest BCUT2D eigenvalue weighted by Crippen LogP contribution is -2.55. The zero-order chi connectivity index (χ0) is 41.4. The molecular weight excluding hydrogens is 703 g/mol. The Kier molecular flexibility index (Phi) is 38.5. The van der Waals surface area contributed by atoms with Crippen LogP contribution in [0.1, 0.15) is 226 Å². The summed E-state index contributed by atoms with van der Waals surface area (Å²) >= 11 is 0. The molecule has 2 unspecified atom stereocenters. The van der Waals surface area contributed by atoms with Gasteiger partial charge in [-0.1, -0.05) is 180 Å². The van der Waals surface area contributed by atoms with Crippen LogP contribution >= 0.6 is 0 Å². The topological polar surface area (TPSA) is 102 Å². The molecule has 0 N–H and O–H groups in total. The third-order valence-corrected chi connectivity index (χ3v) is 10.9. The molecule has 8 nitrogen and oxygen atoms in total. The molecule has 0 fully saturated rings. The van der Waals surface area contributed by atoms with Gasteiger partial charge in [-0.05, 0) is 38.5 Å². The van der Waals surface area contributed by atoms with Crippen LogP contribution in [0.2, 0.25) is 0 Å². The Bertz CT molecular complexity index is 931. The highest BCUT2D eigenvalue weighted by Gasteiger charge is 2.25. The van der Waals surface area contributed by atoms with Crippen LogP contribution in [0.15, 0.2) is 12.2 Å². The molecule has 0 saturated carbocycles. The van der Waals surface area contributed by atoms with Gasteiger partial charge >= 0.3 is 11.9 Å². The normalized spacial score (nSPS) is 12.9. The molecule has 0 aromatic rings. The van der Waals surface area contributed by atoms with Crippen LogP contribution in [0.4, 0.5) is 0 Å². The van der Waals surface area contributed by atoms with Crippen LogP contribution in [0.5, 0.6) is 0 Å². The minimum atomic E-state index is -1.12. The van der Waals surface area contributed by atoms with Crippen LogP contribution in [0.25, 0.3) is 0 Å². The number of quaternary nitrogens is 1. The average Bonchev–Trinajstić information content (AvgIpc) is 3.15. The zero-order valence-electron chi connectivity index (χ0n) is 37.6. The summed E-state index contributed by atoms with van der Waals surface area (Å²) < 4.78 is 17.2. The number of ether oxygens (including phenoxy) is 3. The molecule has 0 spiro atoms. The highest BCUT2D eigenvalue weighted by Crippen LogP contribution is 2.15. The number of likely N-dealkylation sites (N-methyl/N-ethyl adjacent to an activating group) is 1. The number of carbonyl (C=O) groups is 3.